The Morgan fingerprint density at radius 2 is 2.02 bits per heavy atom. The summed E-state index contributed by atoms with van der Waals surface area (Å²) in [6.45, 7) is 4.74. The molecule has 2 unspecified atom stereocenters. The average molecular weight is 666 g/mol. The number of pyridine rings is 1. The first kappa shape index (κ1) is 31.3. The second kappa shape index (κ2) is 10.9. The van der Waals surface area contributed by atoms with Crippen molar-refractivity contribution in [3.63, 3.8) is 0 Å². The van der Waals surface area contributed by atoms with Crippen molar-refractivity contribution in [2.45, 2.75) is 61.9 Å². The molecule has 9 nitrogen and oxygen atoms in total. The molecule has 0 bridgehead atoms. The molecule has 4 aliphatic rings. The molecule has 2 aliphatic carbocycles. The molecule has 2 aliphatic heterocycles. The van der Waals surface area contributed by atoms with E-state index in [4.69, 9.17) is 15.2 Å². The third-order valence-corrected chi connectivity index (χ3v) is 11.4. The number of halogens is 3. The first-order chi connectivity index (χ1) is 22.2. The van der Waals surface area contributed by atoms with Gasteiger partial charge in [-0.05, 0) is 62.8 Å². The van der Waals surface area contributed by atoms with Gasteiger partial charge in [-0.1, -0.05) is 23.8 Å². The number of fused-ring (bicyclic) bond motifs is 3. The summed E-state index contributed by atoms with van der Waals surface area (Å²) in [5.74, 6) is -3.20. The standard InChI is InChI=1S/C34H34F3N5O4S/c1-17-6-5-7-22-21(15-47-33(17,22)3)28-29-23(32(2,16-46-29)31(38)44)12-25(40-28)24(34(35,36)37)13-39-30(43)18-10-19-14-42(20-8-9-20)41-27(19)26(11-18)45-4/h5-7,10-12,14-15,20,22,24H,8-9,13,16H2,1-4H3,(H2,38,44)(H,39,43)/t22?,24-,32+,33?/m1/s1. The van der Waals surface area contributed by atoms with Gasteiger partial charge in [0.2, 0.25) is 5.91 Å². The van der Waals surface area contributed by atoms with Crippen LogP contribution in [0, 0.1) is 5.92 Å². The number of rotatable bonds is 8. The van der Waals surface area contributed by atoms with Crippen LogP contribution in [0.3, 0.4) is 0 Å². The fourth-order valence-electron chi connectivity index (χ4n) is 6.54. The second-order valence-electron chi connectivity index (χ2n) is 13.0. The molecule has 47 heavy (non-hydrogen) atoms. The highest BCUT2D eigenvalue weighted by Gasteiger charge is 2.50. The highest BCUT2D eigenvalue weighted by atomic mass is 32.2. The minimum atomic E-state index is -4.79. The molecule has 1 aromatic carbocycles. The number of nitrogens with zero attached hydrogens (tertiary/aromatic N) is 3. The van der Waals surface area contributed by atoms with Gasteiger partial charge in [0.05, 0.1) is 18.8 Å². The van der Waals surface area contributed by atoms with Crippen molar-refractivity contribution in [3.05, 3.63) is 76.1 Å². The molecule has 0 spiro atoms. The smallest absolute Gasteiger partial charge is 0.398 e. The Hall–Kier alpha value is -4.26. The zero-order chi connectivity index (χ0) is 33.5. The van der Waals surface area contributed by atoms with Crippen LogP contribution in [0.15, 0.2) is 53.6 Å². The summed E-state index contributed by atoms with van der Waals surface area (Å²) < 4.78 is 57.6. The first-order valence-electron chi connectivity index (χ1n) is 15.4. The molecule has 246 valence electrons. The number of nitrogens with two attached hydrogens (primary N) is 1. The Balaban J connectivity index is 1.25. The Labute approximate surface area is 273 Å². The van der Waals surface area contributed by atoms with E-state index in [9.17, 15) is 22.8 Å². The minimum absolute atomic E-state index is 0.123. The molecule has 0 saturated heterocycles. The number of thioether (sulfide) groups is 1. The molecule has 1 fully saturated rings. The lowest BCUT2D eigenvalue weighted by Crippen LogP contribution is -2.40. The van der Waals surface area contributed by atoms with Crippen molar-refractivity contribution in [2.75, 3.05) is 20.3 Å². The first-order valence-corrected chi connectivity index (χ1v) is 16.3. The third kappa shape index (κ3) is 5.10. The highest BCUT2D eigenvalue weighted by Crippen LogP contribution is 2.57. The molecule has 2 aromatic heterocycles. The zero-order valence-electron chi connectivity index (χ0n) is 26.3. The SMILES string of the molecule is COc1cc(C(=O)NC[C@H](c2cc3c(c(C4=CSC5(C)C(C)=CC=CC45)n2)OC[C@]3(C)C(N)=O)C(F)(F)F)cc2cn(C3CC3)nc12. The van der Waals surface area contributed by atoms with Gasteiger partial charge in [0, 0.05) is 39.9 Å². The fraction of sp³-hybridized carbons (Fsp3) is 0.412. The Bertz CT molecular complexity index is 1930. The molecule has 4 heterocycles. The van der Waals surface area contributed by atoms with E-state index in [1.807, 2.05) is 41.4 Å². The summed E-state index contributed by atoms with van der Waals surface area (Å²) in [4.78, 5) is 30.6. The number of benzene rings is 1. The van der Waals surface area contributed by atoms with Gasteiger partial charge >= 0.3 is 6.18 Å². The molecule has 0 radical (unpaired) electrons. The molecule has 2 amide bonds. The largest absolute Gasteiger partial charge is 0.494 e. The molecule has 13 heteroatoms. The highest BCUT2D eigenvalue weighted by molar-refractivity contribution is 8.04. The van der Waals surface area contributed by atoms with Crippen LogP contribution in [0.5, 0.6) is 11.5 Å². The third-order valence-electron chi connectivity index (χ3n) is 9.91. The summed E-state index contributed by atoms with van der Waals surface area (Å²) in [6, 6.07) is 4.62. The van der Waals surface area contributed by atoms with E-state index < -0.39 is 35.9 Å². The number of alkyl halides is 3. The number of aromatic nitrogens is 3. The predicted molar refractivity (Wildman–Crippen MR) is 172 cm³/mol. The number of methoxy groups -OCH3 is 1. The van der Waals surface area contributed by atoms with Gasteiger partial charge in [0.25, 0.3) is 5.91 Å². The van der Waals surface area contributed by atoms with Crippen molar-refractivity contribution < 1.29 is 32.2 Å². The lowest BCUT2D eigenvalue weighted by molar-refractivity contribution is -0.149. The van der Waals surface area contributed by atoms with E-state index in [0.717, 1.165) is 18.4 Å². The van der Waals surface area contributed by atoms with Crippen molar-refractivity contribution in [2.24, 2.45) is 11.7 Å². The number of ether oxygens (including phenoxy) is 2. The number of carbonyl (C=O) groups excluding carboxylic acids is 2. The summed E-state index contributed by atoms with van der Waals surface area (Å²) in [7, 11) is 1.45. The normalized spacial score (nSPS) is 25.5. The zero-order valence-corrected chi connectivity index (χ0v) is 27.1. The van der Waals surface area contributed by atoms with E-state index in [-0.39, 0.29) is 45.5 Å². The van der Waals surface area contributed by atoms with Gasteiger partial charge in [-0.3, -0.25) is 14.3 Å². The molecule has 1 saturated carbocycles. The summed E-state index contributed by atoms with van der Waals surface area (Å²) >= 11 is 1.57. The molecule has 3 N–H and O–H groups in total. The summed E-state index contributed by atoms with van der Waals surface area (Å²) in [5, 5.41) is 9.61. The topological polar surface area (TPSA) is 121 Å². The van der Waals surface area contributed by atoms with Gasteiger partial charge in [0.1, 0.15) is 40.6 Å². The molecule has 7 rings (SSSR count). The molecule has 3 aromatic rings. The van der Waals surface area contributed by atoms with Crippen LogP contribution in [-0.2, 0) is 10.2 Å². The van der Waals surface area contributed by atoms with Crippen molar-refractivity contribution in [3.8, 4) is 11.5 Å². The van der Waals surface area contributed by atoms with Crippen molar-refractivity contribution >= 4 is 40.1 Å². The van der Waals surface area contributed by atoms with Gasteiger partial charge in [0.15, 0.2) is 0 Å². The predicted octanol–water partition coefficient (Wildman–Crippen LogP) is 5.96. The maximum Gasteiger partial charge on any atom is 0.398 e. The average Bonchev–Trinajstić information content (AvgIpc) is 3.55. The van der Waals surface area contributed by atoms with Crippen LogP contribution < -0.4 is 20.5 Å². The van der Waals surface area contributed by atoms with Crippen LogP contribution in [0.25, 0.3) is 16.5 Å². The number of hydrogen-bond donors (Lipinski definition) is 2. The van der Waals surface area contributed by atoms with Crippen LogP contribution in [-0.4, -0.2) is 57.8 Å². The van der Waals surface area contributed by atoms with E-state index in [1.54, 1.807) is 24.8 Å². The molecule has 4 atom stereocenters. The quantitative estimate of drug-likeness (QED) is 0.304. The van der Waals surface area contributed by atoms with Crippen LogP contribution >= 0.6 is 11.8 Å². The Kier molecular flexibility index (Phi) is 7.27. The molecular weight excluding hydrogens is 631 g/mol. The number of primary amides is 1. The fourth-order valence-corrected chi connectivity index (χ4v) is 7.77. The van der Waals surface area contributed by atoms with E-state index in [2.05, 4.69) is 22.3 Å². The summed E-state index contributed by atoms with van der Waals surface area (Å²) in [5.41, 5.74) is 7.10. The lowest BCUT2D eigenvalue weighted by Gasteiger charge is -2.34. The maximum absolute atomic E-state index is 14.9. The van der Waals surface area contributed by atoms with E-state index in [1.165, 1.54) is 19.2 Å². The number of nitrogens with one attached hydrogen (secondary N) is 1. The van der Waals surface area contributed by atoms with Gasteiger partial charge in [-0.2, -0.15) is 18.3 Å². The summed E-state index contributed by atoms with van der Waals surface area (Å²) in [6.07, 6.45) is 4.99. The van der Waals surface area contributed by atoms with Gasteiger partial charge < -0.3 is 20.5 Å². The second-order valence-corrected chi connectivity index (χ2v) is 14.3. The van der Waals surface area contributed by atoms with E-state index in [0.29, 0.717) is 28.3 Å². The van der Waals surface area contributed by atoms with Crippen molar-refractivity contribution in [1.82, 2.24) is 20.1 Å². The van der Waals surface area contributed by atoms with Gasteiger partial charge in [-0.15, -0.1) is 11.8 Å². The van der Waals surface area contributed by atoms with Crippen LogP contribution in [0.4, 0.5) is 13.2 Å². The van der Waals surface area contributed by atoms with Crippen molar-refractivity contribution in [1.29, 1.82) is 0 Å². The molecular formula is C34H34F3N5O4S. The number of hydrogen-bond acceptors (Lipinski definition) is 7. The lowest BCUT2D eigenvalue weighted by atomic mass is 9.77. The van der Waals surface area contributed by atoms with Crippen LogP contribution in [0.2, 0.25) is 0 Å². The minimum Gasteiger partial charge on any atom is -0.494 e. The number of amides is 2. The Morgan fingerprint density at radius 1 is 1.26 bits per heavy atom. The van der Waals surface area contributed by atoms with E-state index >= 15 is 0 Å². The Morgan fingerprint density at radius 3 is 2.70 bits per heavy atom. The monoisotopic (exact) mass is 665 g/mol. The number of allylic oxidation sites excluding steroid dienone is 4. The van der Waals surface area contributed by atoms with Crippen LogP contribution in [0.1, 0.15) is 72.9 Å². The number of carbonyl (C=O) groups is 2. The maximum atomic E-state index is 14.9. The van der Waals surface area contributed by atoms with Gasteiger partial charge in [-0.25, -0.2) is 4.98 Å².